The molecule has 0 spiro atoms. The zero-order valence-electron chi connectivity index (χ0n) is 17.3. The summed E-state index contributed by atoms with van der Waals surface area (Å²) in [6.45, 7) is 1.36. The molecule has 0 saturated heterocycles. The van der Waals surface area contributed by atoms with Crippen molar-refractivity contribution in [2.75, 3.05) is 32.5 Å². The number of nitrogens with zero attached hydrogens (tertiary/aromatic N) is 1. The van der Waals surface area contributed by atoms with Crippen LogP contribution < -0.4 is 16.4 Å². The Morgan fingerprint density at radius 3 is 2.52 bits per heavy atom. The largest absolute Gasteiger partial charge is 0.384 e. The number of carbonyl (C=O) groups is 4. The number of hydrogen-bond donors (Lipinski definition) is 3. The van der Waals surface area contributed by atoms with Crippen molar-refractivity contribution in [3.63, 3.8) is 0 Å². The van der Waals surface area contributed by atoms with E-state index in [9.17, 15) is 19.2 Å². The number of hydrogen-bond acceptors (Lipinski definition) is 6. The molecule has 0 aliphatic heterocycles. The molecule has 0 fully saturated rings. The van der Waals surface area contributed by atoms with E-state index in [1.807, 2.05) is 0 Å². The number of anilines is 1. The van der Waals surface area contributed by atoms with Crippen molar-refractivity contribution in [2.45, 2.75) is 44.6 Å². The third kappa shape index (κ3) is 7.30. The van der Waals surface area contributed by atoms with Crippen molar-refractivity contribution < 1.29 is 19.2 Å². The minimum absolute atomic E-state index is 0.155. The van der Waals surface area contributed by atoms with Crippen LogP contribution in [-0.2, 0) is 9.59 Å². The molecule has 0 saturated carbocycles. The molecule has 1 rings (SSSR count). The molecule has 0 aliphatic carbocycles. The molecule has 160 valence electrons. The van der Waals surface area contributed by atoms with E-state index in [0.29, 0.717) is 31.3 Å². The molecule has 0 aromatic heterocycles. The zero-order chi connectivity index (χ0) is 21.6. The van der Waals surface area contributed by atoms with Crippen molar-refractivity contribution in [1.29, 1.82) is 0 Å². The van der Waals surface area contributed by atoms with E-state index < -0.39 is 11.9 Å². The Morgan fingerprint density at radius 2 is 1.90 bits per heavy atom. The highest BCUT2D eigenvalue weighted by Gasteiger charge is 2.28. The van der Waals surface area contributed by atoms with Gasteiger partial charge in [-0.05, 0) is 37.9 Å². The maximum Gasteiger partial charge on any atom is 0.255 e. The Hall–Kier alpha value is -2.74. The van der Waals surface area contributed by atoms with Gasteiger partial charge >= 0.3 is 0 Å². The average Bonchev–Trinajstić information content (AvgIpc) is 2.75. The van der Waals surface area contributed by atoms with Gasteiger partial charge in [0, 0.05) is 32.7 Å². The number of aldehydes is 2. The van der Waals surface area contributed by atoms with Crippen LogP contribution in [0.3, 0.4) is 0 Å². The first-order valence-electron chi connectivity index (χ1n) is 9.96. The lowest BCUT2D eigenvalue weighted by Crippen LogP contribution is -2.47. The predicted octanol–water partition coefficient (Wildman–Crippen LogP) is 1.60. The van der Waals surface area contributed by atoms with E-state index in [4.69, 9.17) is 5.73 Å². The fourth-order valence-electron chi connectivity index (χ4n) is 3.10. The van der Waals surface area contributed by atoms with Gasteiger partial charge < -0.3 is 26.1 Å². The summed E-state index contributed by atoms with van der Waals surface area (Å²) in [5.41, 5.74) is 6.55. The van der Waals surface area contributed by atoms with Crippen molar-refractivity contribution in [3.8, 4) is 0 Å². The fourth-order valence-corrected chi connectivity index (χ4v) is 3.10. The van der Waals surface area contributed by atoms with Gasteiger partial charge in [-0.15, -0.1) is 0 Å². The lowest BCUT2D eigenvalue weighted by molar-refractivity contribution is -0.125. The lowest BCUT2D eigenvalue weighted by atomic mass is 10.0. The van der Waals surface area contributed by atoms with Crippen LogP contribution in [0.1, 0.15) is 59.2 Å². The highest BCUT2D eigenvalue weighted by molar-refractivity contribution is 6.05. The van der Waals surface area contributed by atoms with Gasteiger partial charge in [0.05, 0.1) is 11.1 Å². The summed E-state index contributed by atoms with van der Waals surface area (Å²) in [6.07, 6.45) is 5.75. The normalized spacial score (nSPS) is 11.4. The Balaban J connectivity index is 2.95. The molecule has 4 N–H and O–H groups in total. The second kappa shape index (κ2) is 13.4. The van der Waals surface area contributed by atoms with Gasteiger partial charge in [-0.3, -0.25) is 14.4 Å². The van der Waals surface area contributed by atoms with Gasteiger partial charge in [-0.25, -0.2) is 0 Å². The van der Waals surface area contributed by atoms with Crippen molar-refractivity contribution in [2.24, 2.45) is 5.73 Å². The van der Waals surface area contributed by atoms with Crippen LogP contribution in [0.25, 0.3) is 0 Å². The Kier molecular flexibility index (Phi) is 11.3. The summed E-state index contributed by atoms with van der Waals surface area (Å²) < 4.78 is 0. The summed E-state index contributed by atoms with van der Waals surface area (Å²) in [7, 11) is 2.97. The lowest BCUT2D eigenvalue weighted by Gasteiger charge is -2.27. The number of amides is 2. The first kappa shape index (κ1) is 24.3. The Morgan fingerprint density at radius 1 is 1.17 bits per heavy atom. The first-order valence-corrected chi connectivity index (χ1v) is 9.96. The minimum atomic E-state index is -0.795. The molecule has 8 heteroatoms. The number of benzene rings is 1. The molecule has 1 atom stereocenters. The van der Waals surface area contributed by atoms with E-state index in [2.05, 4.69) is 10.6 Å². The molecule has 0 aliphatic rings. The second-order valence-corrected chi connectivity index (χ2v) is 6.80. The van der Waals surface area contributed by atoms with Gasteiger partial charge in [0.15, 0.2) is 6.29 Å². The van der Waals surface area contributed by atoms with Crippen LogP contribution in [0.4, 0.5) is 5.69 Å². The minimum Gasteiger partial charge on any atom is -0.384 e. The van der Waals surface area contributed by atoms with Gasteiger partial charge in [0.1, 0.15) is 12.3 Å². The quantitative estimate of drug-likeness (QED) is 0.320. The van der Waals surface area contributed by atoms with Crippen LogP contribution in [0.5, 0.6) is 0 Å². The highest BCUT2D eigenvalue weighted by Crippen LogP contribution is 2.21. The fraction of sp³-hybridized carbons (Fsp3) is 0.524. The van der Waals surface area contributed by atoms with E-state index in [1.54, 1.807) is 18.2 Å². The molecular formula is C21H32N4O4. The third-order valence-electron chi connectivity index (χ3n) is 4.80. The first-order chi connectivity index (χ1) is 14.0. The summed E-state index contributed by atoms with van der Waals surface area (Å²) in [5.74, 6) is -0.805. The van der Waals surface area contributed by atoms with Crippen molar-refractivity contribution >= 4 is 30.1 Å². The molecule has 1 aromatic rings. The topological polar surface area (TPSA) is 122 Å². The second-order valence-electron chi connectivity index (χ2n) is 6.80. The number of rotatable bonds is 14. The molecular weight excluding hydrogens is 372 g/mol. The van der Waals surface area contributed by atoms with Crippen LogP contribution in [0.2, 0.25) is 0 Å². The van der Waals surface area contributed by atoms with Crippen LogP contribution >= 0.6 is 0 Å². The van der Waals surface area contributed by atoms with E-state index >= 15 is 0 Å². The molecule has 1 unspecified atom stereocenters. The van der Waals surface area contributed by atoms with Gasteiger partial charge in [-0.2, -0.15) is 0 Å². The SMILES string of the molecule is CNC(=O)C(CCC=O)N(C)C(=O)c1cccc(NCCCCCCN)c1C=O. The van der Waals surface area contributed by atoms with Gasteiger partial charge in [-0.1, -0.05) is 18.9 Å². The highest BCUT2D eigenvalue weighted by atomic mass is 16.2. The average molecular weight is 405 g/mol. The zero-order valence-corrected chi connectivity index (χ0v) is 17.3. The molecule has 1 aromatic carbocycles. The van der Waals surface area contributed by atoms with Crippen LogP contribution in [0, 0.1) is 0 Å². The van der Waals surface area contributed by atoms with Crippen molar-refractivity contribution in [1.82, 2.24) is 10.2 Å². The maximum absolute atomic E-state index is 13.0. The summed E-state index contributed by atoms with van der Waals surface area (Å²) in [6, 6.07) is 4.22. The number of nitrogens with two attached hydrogens (primary N) is 1. The standard InChI is InChI=1S/C21H32N4O4/c1-23-20(28)19(11-8-14-26)25(2)21(29)16-9-7-10-18(17(16)15-27)24-13-6-4-3-5-12-22/h7,9-10,14-15,19,24H,3-6,8,11-13,22H2,1-2H3,(H,23,28). The summed E-state index contributed by atoms with van der Waals surface area (Å²) in [4.78, 5) is 48.9. The molecule has 0 heterocycles. The smallest absolute Gasteiger partial charge is 0.255 e. The molecule has 0 radical (unpaired) electrons. The number of likely N-dealkylation sites (N-methyl/N-ethyl adjacent to an activating group) is 2. The Labute approximate surface area is 172 Å². The molecule has 2 amide bonds. The predicted molar refractivity (Wildman–Crippen MR) is 113 cm³/mol. The number of carbonyl (C=O) groups excluding carboxylic acids is 4. The number of unbranched alkanes of at least 4 members (excludes halogenated alkanes) is 3. The molecule has 8 nitrogen and oxygen atoms in total. The monoisotopic (exact) mass is 404 g/mol. The summed E-state index contributed by atoms with van der Waals surface area (Å²) >= 11 is 0. The van der Waals surface area contributed by atoms with Crippen LogP contribution in [0.15, 0.2) is 18.2 Å². The molecule has 0 bridgehead atoms. The van der Waals surface area contributed by atoms with Crippen LogP contribution in [-0.4, -0.2) is 62.5 Å². The van der Waals surface area contributed by atoms with Gasteiger partial charge in [0.2, 0.25) is 5.91 Å². The number of nitrogens with one attached hydrogen (secondary N) is 2. The van der Waals surface area contributed by atoms with E-state index in [0.717, 1.165) is 25.7 Å². The van der Waals surface area contributed by atoms with E-state index in [1.165, 1.54) is 19.0 Å². The van der Waals surface area contributed by atoms with E-state index in [-0.39, 0.29) is 29.9 Å². The Bertz CT molecular complexity index is 693. The van der Waals surface area contributed by atoms with Gasteiger partial charge in [0.25, 0.3) is 5.91 Å². The van der Waals surface area contributed by atoms with Crippen molar-refractivity contribution in [3.05, 3.63) is 29.3 Å². The summed E-state index contributed by atoms with van der Waals surface area (Å²) in [5, 5.41) is 5.73. The maximum atomic E-state index is 13.0. The third-order valence-corrected chi connectivity index (χ3v) is 4.80. The molecule has 29 heavy (non-hydrogen) atoms.